The fraction of sp³-hybridized carbons (Fsp3) is 0.308. The molecule has 0 heterocycles. The van der Waals surface area contributed by atoms with Crippen LogP contribution in [0.4, 0.5) is 0 Å². The van der Waals surface area contributed by atoms with E-state index in [0.717, 1.165) is 23.5 Å². The van der Waals surface area contributed by atoms with Crippen LogP contribution in [0.1, 0.15) is 65.8 Å². The van der Waals surface area contributed by atoms with E-state index < -0.39 is 0 Å². The molecule has 0 aliphatic heterocycles. The van der Waals surface area contributed by atoms with Crippen molar-refractivity contribution in [1.29, 1.82) is 0 Å². The molecule has 0 bridgehead atoms. The topological polar surface area (TPSA) is 20.2 Å². The van der Waals surface area contributed by atoms with E-state index >= 15 is 0 Å². The molecular formula is C26H26O. The molecule has 2 aromatic carbocycles. The zero-order chi connectivity index (χ0) is 18.2. The normalized spacial score (nSPS) is 21.4. The van der Waals surface area contributed by atoms with Gasteiger partial charge in [-0.25, -0.2) is 0 Å². The molecule has 0 saturated heterocycles. The Bertz CT molecular complexity index is 954. The molecule has 27 heavy (non-hydrogen) atoms. The SMILES string of the molecule is OCc1ccccc1C1=CCC(c2ccc3c(c2)C=CC3C2CCCC2)=C1. The third kappa shape index (κ3) is 3.00. The van der Waals surface area contributed by atoms with Gasteiger partial charge in [-0.05, 0) is 70.2 Å². The van der Waals surface area contributed by atoms with Gasteiger partial charge in [0.05, 0.1) is 6.61 Å². The molecule has 1 atom stereocenters. The van der Waals surface area contributed by atoms with Gasteiger partial charge in [0.25, 0.3) is 0 Å². The first-order valence-corrected chi connectivity index (χ1v) is 10.3. The molecule has 1 fully saturated rings. The van der Waals surface area contributed by atoms with Crippen molar-refractivity contribution in [3.63, 3.8) is 0 Å². The monoisotopic (exact) mass is 354 g/mol. The summed E-state index contributed by atoms with van der Waals surface area (Å²) in [6.07, 6.45) is 15.9. The van der Waals surface area contributed by atoms with Crippen LogP contribution in [0.3, 0.4) is 0 Å². The van der Waals surface area contributed by atoms with Gasteiger partial charge in [0, 0.05) is 5.92 Å². The fourth-order valence-corrected chi connectivity index (χ4v) is 5.12. The summed E-state index contributed by atoms with van der Waals surface area (Å²) in [5.41, 5.74) is 9.03. The van der Waals surface area contributed by atoms with Crippen molar-refractivity contribution in [2.24, 2.45) is 5.92 Å². The summed E-state index contributed by atoms with van der Waals surface area (Å²) < 4.78 is 0. The molecule has 1 unspecified atom stereocenters. The highest BCUT2D eigenvalue weighted by atomic mass is 16.3. The van der Waals surface area contributed by atoms with Crippen LogP contribution in [0.2, 0.25) is 0 Å². The van der Waals surface area contributed by atoms with E-state index in [2.05, 4.69) is 48.6 Å². The number of hydrogen-bond donors (Lipinski definition) is 1. The average Bonchev–Trinajstić information content (AvgIpc) is 3.47. The zero-order valence-electron chi connectivity index (χ0n) is 15.7. The summed E-state index contributed by atoms with van der Waals surface area (Å²) in [7, 11) is 0. The Balaban J connectivity index is 1.41. The molecule has 0 aromatic heterocycles. The minimum atomic E-state index is 0.0862. The Morgan fingerprint density at radius 3 is 2.70 bits per heavy atom. The van der Waals surface area contributed by atoms with Gasteiger partial charge in [-0.2, -0.15) is 0 Å². The van der Waals surface area contributed by atoms with Gasteiger partial charge in [0.1, 0.15) is 0 Å². The van der Waals surface area contributed by atoms with Crippen LogP contribution in [0.5, 0.6) is 0 Å². The summed E-state index contributed by atoms with van der Waals surface area (Å²) in [5, 5.41) is 9.63. The lowest BCUT2D eigenvalue weighted by Gasteiger charge is -2.18. The first kappa shape index (κ1) is 16.8. The van der Waals surface area contributed by atoms with Crippen LogP contribution in [0.15, 0.2) is 60.7 Å². The predicted octanol–water partition coefficient (Wildman–Crippen LogP) is 6.35. The minimum absolute atomic E-state index is 0.0862. The highest BCUT2D eigenvalue weighted by molar-refractivity contribution is 5.90. The lowest BCUT2D eigenvalue weighted by molar-refractivity contribution is 0.281. The van der Waals surface area contributed by atoms with Crippen molar-refractivity contribution in [3.8, 4) is 0 Å². The molecule has 3 aliphatic carbocycles. The molecule has 1 heteroatoms. The second-order valence-corrected chi connectivity index (χ2v) is 8.12. The van der Waals surface area contributed by atoms with E-state index in [1.807, 2.05) is 18.2 Å². The Kier molecular flexibility index (Phi) is 4.33. The largest absolute Gasteiger partial charge is 0.392 e. The number of aliphatic hydroxyl groups excluding tert-OH is 1. The van der Waals surface area contributed by atoms with Crippen molar-refractivity contribution < 1.29 is 5.11 Å². The lowest BCUT2D eigenvalue weighted by atomic mass is 9.86. The van der Waals surface area contributed by atoms with Gasteiger partial charge in [-0.3, -0.25) is 0 Å². The van der Waals surface area contributed by atoms with E-state index in [-0.39, 0.29) is 6.61 Å². The number of aliphatic hydroxyl groups is 1. The van der Waals surface area contributed by atoms with Gasteiger partial charge in [0.15, 0.2) is 0 Å². The van der Waals surface area contributed by atoms with E-state index in [9.17, 15) is 5.11 Å². The van der Waals surface area contributed by atoms with Crippen molar-refractivity contribution in [2.45, 2.75) is 44.6 Å². The lowest BCUT2D eigenvalue weighted by Crippen LogP contribution is -2.05. The van der Waals surface area contributed by atoms with E-state index in [1.165, 1.54) is 53.5 Å². The van der Waals surface area contributed by atoms with Crippen LogP contribution >= 0.6 is 0 Å². The molecule has 0 amide bonds. The summed E-state index contributed by atoms with van der Waals surface area (Å²) in [5.74, 6) is 1.49. The van der Waals surface area contributed by atoms with E-state index in [4.69, 9.17) is 0 Å². The van der Waals surface area contributed by atoms with Crippen LogP contribution in [0.25, 0.3) is 17.2 Å². The molecule has 3 aliphatic rings. The molecule has 2 aromatic rings. The minimum Gasteiger partial charge on any atom is -0.392 e. The third-order valence-electron chi connectivity index (χ3n) is 6.58. The molecular weight excluding hydrogens is 328 g/mol. The Morgan fingerprint density at radius 2 is 1.85 bits per heavy atom. The number of hydrogen-bond acceptors (Lipinski definition) is 1. The summed E-state index contributed by atoms with van der Waals surface area (Å²) in [6, 6.07) is 15.2. The first-order valence-electron chi connectivity index (χ1n) is 10.3. The Morgan fingerprint density at radius 1 is 1.00 bits per heavy atom. The van der Waals surface area contributed by atoms with Crippen LogP contribution < -0.4 is 0 Å². The maximum Gasteiger partial charge on any atom is 0.0687 e. The average molecular weight is 354 g/mol. The van der Waals surface area contributed by atoms with Crippen molar-refractivity contribution in [3.05, 3.63) is 88.5 Å². The van der Waals surface area contributed by atoms with Gasteiger partial charge >= 0.3 is 0 Å². The highest BCUT2D eigenvalue weighted by Crippen LogP contribution is 2.44. The summed E-state index contributed by atoms with van der Waals surface area (Å²) >= 11 is 0. The molecule has 5 rings (SSSR count). The number of fused-ring (bicyclic) bond motifs is 1. The number of benzene rings is 2. The van der Waals surface area contributed by atoms with Gasteiger partial charge < -0.3 is 5.11 Å². The number of rotatable bonds is 4. The number of allylic oxidation sites excluding steroid dienone is 5. The van der Waals surface area contributed by atoms with Crippen LogP contribution in [-0.4, -0.2) is 5.11 Å². The second kappa shape index (κ2) is 6.98. The molecule has 1 nitrogen and oxygen atoms in total. The van der Waals surface area contributed by atoms with Gasteiger partial charge in [-0.15, -0.1) is 0 Å². The molecule has 0 spiro atoms. The van der Waals surface area contributed by atoms with Crippen molar-refractivity contribution in [1.82, 2.24) is 0 Å². The molecule has 136 valence electrons. The van der Waals surface area contributed by atoms with E-state index in [1.54, 1.807) is 0 Å². The molecule has 1 saturated carbocycles. The molecule has 0 radical (unpaired) electrons. The second-order valence-electron chi connectivity index (χ2n) is 8.12. The first-order chi connectivity index (χ1) is 13.3. The smallest absolute Gasteiger partial charge is 0.0687 e. The van der Waals surface area contributed by atoms with E-state index in [0.29, 0.717) is 5.92 Å². The fourth-order valence-electron chi connectivity index (χ4n) is 5.12. The Labute approximate surface area is 161 Å². The highest BCUT2D eigenvalue weighted by Gasteiger charge is 2.28. The summed E-state index contributed by atoms with van der Waals surface area (Å²) in [6.45, 7) is 0.0862. The van der Waals surface area contributed by atoms with Crippen molar-refractivity contribution in [2.75, 3.05) is 0 Å². The van der Waals surface area contributed by atoms with Crippen LogP contribution in [-0.2, 0) is 6.61 Å². The van der Waals surface area contributed by atoms with Gasteiger partial charge in [0.2, 0.25) is 0 Å². The standard InChI is InChI=1S/C26H26O/c27-17-23-7-3-4-8-24(23)21-10-9-19(15-21)20-11-13-26-22(16-20)12-14-25(26)18-5-1-2-6-18/h3-4,7-8,10-16,18,25,27H,1-2,5-6,9,17H2. The maximum absolute atomic E-state index is 9.63. The van der Waals surface area contributed by atoms with Gasteiger partial charge in [-0.1, -0.05) is 73.5 Å². The summed E-state index contributed by atoms with van der Waals surface area (Å²) in [4.78, 5) is 0. The third-order valence-corrected chi connectivity index (χ3v) is 6.58. The van der Waals surface area contributed by atoms with Crippen molar-refractivity contribution >= 4 is 17.2 Å². The zero-order valence-corrected chi connectivity index (χ0v) is 15.7. The predicted molar refractivity (Wildman–Crippen MR) is 113 cm³/mol. The maximum atomic E-state index is 9.63. The molecule has 1 N–H and O–H groups in total. The van der Waals surface area contributed by atoms with Crippen LogP contribution in [0, 0.1) is 5.92 Å². The quantitative estimate of drug-likeness (QED) is 0.678. The Hall–Kier alpha value is -2.38.